The van der Waals surface area contributed by atoms with Gasteiger partial charge in [0.1, 0.15) is 17.3 Å². The molecule has 0 spiro atoms. The zero-order valence-electron chi connectivity index (χ0n) is 20.4. The van der Waals surface area contributed by atoms with Crippen LogP contribution in [-0.4, -0.2) is 53.7 Å². The van der Waals surface area contributed by atoms with Gasteiger partial charge in [-0.3, -0.25) is 9.59 Å². The van der Waals surface area contributed by atoms with Crippen molar-refractivity contribution in [1.82, 2.24) is 4.90 Å². The topological polar surface area (TPSA) is 85.3 Å². The third kappa shape index (κ3) is 5.78. The molecule has 1 heterocycles. The number of aliphatic hydroxyl groups is 1. The number of aliphatic hydroxyl groups excluding tert-OH is 1. The first-order chi connectivity index (χ1) is 16.2. The minimum atomic E-state index is -0.749. The highest BCUT2D eigenvalue weighted by Gasteiger charge is 2.46. The Kier molecular flexibility index (Phi) is 8.34. The predicted molar refractivity (Wildman–Crippen MR) is 130 cm³/mol. The molecule has 1 aliphatic rings. The first kappa shape index (κ1) is 25.3. The monoisotopic (exact) mass is 467 g/mol. The molecule has 0 bridgehead atoms. The summed E-state index contributed by atoms with van der Waals surface area (Å²) in [6, 6.07) is 13.3. The van der Waals surface area contributed by atoms with Gasteiger partial charge in [0, 0.05) is 12.1 Å². The Hall–Kier alpha value is -3.32. The number of benzene rings is 2. The molecule has 1 atom stereocenters. The smallest absolute Gasteiger partial charge is 0.295 e. The maximum absolute atomic E-state index is 13.1. The number of ketones is 1. The van der Waals surface area contributed by atoms with Crippen molar-refractivity contribution in [3.8, 4) is 11.5 Å². The van der Waals surface area contributed by atoms with Gasteiger partial charge in [-0.05, 0) is 64.4 Å². The molecule has 1 fully saturated rings. The number of likely N-dealkylation sites (tertiary alicyclic amines) is 1. The number of ether oxygens (including phenoxy) is 3. The van der Waals surface area contributed by atoms with Crippen LogP contribution in [0.25, 0.3) is 5.76 Å². The number of carbonyl (C=O) groups excluding carboxylic acids is 2. The highest BCUT2D eigenvalue weighted by Crippen LogP contribution is 2.40. The van der Waals surface area contributed by atoms with Crippen LogP contribution in [0.3, 0.4) is 0 Å². The van der Waals surface area contributed by atoms with E-state index in [2.05, 4.69) is 0 Å². The quantitative estimate of drug-likeness (QED) is 0.309. The van der Waals surface area contributed by atoms with Crippen molar-refractivity contribution in [2.45, 2.75) is 52.9 Å². The van der Waals surface area contributed by atoms with Crippen LogP contribution in [0, 0.1) is 0 Å². The first-order valence-electron chi connectivity index (χ1n) is 11.6. The van der Waals surface area contributed by atoms with E-state index in [1.54, 1.807) is 36.4 Å². The Balaban J connectivity index is 2.06. The molecule has 1 unspecified atom stereocenters. The Labute approximate surface area is 200 Å². The van der Waals surface area contributed by atoms with E-state index in [1.807, 2.05) is 46.8 Å². The molecular formula is C27H33NO6. The Morgan fingerprint density at radius 3 is 2.32 bits per heavy atom. The van der Waals surface area contributed by atoms with Crippen molar-refractivity contribution < 1.29 is 28.9 Å². The summed E-state index contributed by atoms with van der Waals surface area (Å²) in [5, 5.41) is 11.2. The van der Waals surface area contributed by atoms with Crippen molar-refractivity contribution in [2.75, 3.05) is 19.8 Å². The van der Waals surface area contributed by atoms with E-state index >= 15 is 0 Å². The predicted octanol–water partition coefficient (Wildman–Crippen LogP) is 4.72. The minimum absolute atomic E-state index is 0.00977. The van der Waals surface area contributed by atoms with Crippen LogP contribution >= 0.6 is 0 Å². The van der Waals surface area contributed by atoms with E-state index in [1.165, 1.54) is 4.90 Å². The van der Waals surface area contributed by atoms with Gasteiger partial charge in [-0.1, -0.05) is 24.3 Å². The molecule has 0 saturated carbocycles. The highest BCUT2D eigenvalue weighted by molar-refractivity contribution is 6.46. The highest BCUT2D eigenvalue weighted by atomic mass is 16.5. The summed E-state index contributed by atoms with van der Waals surface area (Å²) in [6.07, 6.45) is -0.0581. The van der Waals surface area contributed by atoms with Gasteiger partial charge < -0.3 is 24.2 Å². The Morgan fingerprint density at radius 1 is 1.00 bits per heavy atom. The van der Waals surface area contributed by atoms with Crippen molar-refractivity contribution in [3.63, 3.8) is 0 Å². The SMILES string of the molecule is CCOc1ccc(C2/C(=C(/O)c3cccc(OC(C)C)c3)C(=O)C(=O)N2CCOC(C)C)cc1. The van der Waals surface area contributed by atoms with Crippen molar-refractivity contribution in [2.24, 2.45) is 0 Å². The Morgan fingerprint density at radius 2 is 1.71 bits per heavy atom. The van der Waals surface area contributed by atoms with E-state index in [0.29, 0.717) is 29.2 Å². The number of hydrogen-bond donors (Lipinski definition) is 1. The van der Waals surface area contributed by atoms with Crippen LogP contribution in [0.4, 0.5) is 0 Å². The normalized spacial score (nSPS) is 17.6. The molecule has 0 aliphatic carbocycles. The van der Waals surface area contributed by atoms with Crippen LogP contribution in [0.2, 0.25) is 0 Å². The fraction of sp³-hybridized carbons (Fsp3) is 0.407. The molecule has 34 heavy (non-hydrogen) atoms. The van der Waals surface area contributed by atoms with E-state index in [-0.39, 0.29) is 36.7 Å². The molecule has 1 saturated heterocycles. The van der Waals surface area contributed by atoms with Crippen molar-refractivity contribution in [3.05, 3.63) is 65.2 Å². The molecule has 2 aromatic carbocycles. The molecule has 0 radical (unpaired) electrons. The third-order valence-electron chi connectivity index (χ3n) is 5.31. The lowest BCUT2D eigenvalue weighted by atomic mass is 9.95. The Bertz CT molecular complexity index is 1040. The minimum Gasteiger partial charge on any atom is -0.507 e. The lowest BCUT2D eigenvalue weighted by Crippen LogP contribution is -2.33. The van der Waals surface area contributed by atoms with Gasteiger partial charge in [-0.15, -0.1) is 0 Å². The average Bonchev–Trinajstić information content (AvgIpc) is 3.04. The number of Topliss-reactive ketones (excluding diaryl/α,β-unsaturated/α-hetero) is 1. The van der Waals surface area contributed by atoms with Crippen LogP contribution in [-0.2, 0) is 14.3 Å². The van der Waals surface area contributed by atoms with Gasteiger partial charge in [-0.25, -0.2) is 0 Å². The number of amides is 1. The number of rotatable bonds is 10. The molecule has 2 aromatic rings. The van der Waals surface area contributed by atoms with Crippen LogP contribution in [0.15, 0.2) is 54.1 Å². The van der Waals surface area contributed by atoms with E-state index in [0.717, 1.165) is 0 Å². The van der Waals surface area contributed by atoms with Gasteiger partial charge in [-0.2, -0.15) is 0 Å². The first-order valence-corrected chi connectivity index (χ1v) is 11.6. The third-order valence-corrected chi connectivity index (χ3v) is 5.31. The summed E-state index contributed by atoms with van der Waals surface area (Å²) in [7, 11) is 0. The molecule has 0 aromatic heterocycles. The molecule has 1 N–H and O–H groups in total. The van der Waals surface area contributed by atoms with E-state index in [4.69, 9.17) is 14.2 Å². The van der Waals surface area contributed by atoms with Gasteiger partial charge in [0.2, 0.25) is 0 Å². The van der Waals surface area contributed by atoms with E-state index < -0.39 is 17.7 Å². The van der Waals surface area contributed by atoms with Crippen molar-refractivity contribution >= 4 is 17.4 Å². The lowest BCUT2D eigenvalue weighted by Gasteiger charge is -2.26. The van der Waals surface area contributed by atoms with Crippen LogP contribution < -0.4 is 9.47 Å². The molecule has 182 valence electrons. The summed E-state index contributed by atoms with van der Waals surface area (Å²) in [5.41, 5.74) is 1.15. The van der Waals surface area contributed by atoms with Gasteiger partial charge in [0.05, 0.1) is 37.0 Å². The largest absolute Gasteiger partial charge is 0.507 e. The lowest BCUT2D eigenvalue weighted by molar-refractivity contribution is -0.140. The zero-order valence-corrected chi connectivity index (χ0v) is 20.4. The van der Waals surface area contributed by atoms with Crippen molar-refractivity contribution in [1.29, 1.82) is 0 Å². The molecule has 1 aliphatic heterocycles. The molecule has 3 rings (SSSR count). The molecule has 7 nitrogen and oxygen atoms in total. The van der Waals surface area contributed by atoms with Gasteiger partial charge in [0.25, 0.3) is 11.7 Å². The zero-order chi connectivity index (χ0) is 24.8. The second-order valence-corrected chi connectivity index (χ2v) is 8.61. The summed E-state index contributed by atoms with van der Waals surface area (Å²) in [5.74, 6) is -0.377. The average molecular weight is 468 g/mol. The standard InChI is InChI=1S/C27H33NO6/c1-6-32-21-12-10-19(11-13-21)24-23(26(30)27(31)28(24)14-15-33-17(2)3)25(29)20-8-7-9-22(16-20)34-18(4)5/h7-13,16-18,24,29H,6,14-15H2,1-5H3/b25-23-. The van der Waals surface area contributed by atoms with E-state index in [9.17, 15) is 14.7 Å². The maximum atomic E-state index is 13.1. The number of nitrogens with zero attached hydrogens (tertiary/aromatic N) is 1. The molecule has 7 heteroatoms. The fourth-order valence-corrected chi connectivity index (χ4v) is 3.90. The fourth-order valence-electron chi connectivity index (χ4n) is 3.90. The summed E-state index contributed by atoms with van der Waals surface area (Å²) in [4.78, 5) is 27.6. The van der Waals surface area contributed by atoms with Gasteiger partial charge in [0.15, 0.2) is 0 Å². The second-order valence-electron chi connectivity index (χ2n) is 8.61. The van der Waals surface area contributed by atoms with Gasteiger partial charge >= 0.3 is 0 Å². The molecular weight excluding hydrogens is 434 g/mol. The maximum Gasteiger partial charge on any atom is 0.295 e. The molecule has 1 amide bonds. The van der Waals surface area contributed by atoms with Crippen LogP contribution in [0.1, 0.15) is 51.8 Å². The number of carbonyl (C=O) groups is 2. The number of hydrogen-bond acceptors (Lipinski definition) is 6. The van der Waals surface area contributed by atoms with Crippen LogP contribution in [0.5, 0.6) is 11.5 Å². The summed E-state index contributed by atoms with van der Waals surface area (Å²) < 4.78 is 16.9. The second kappa shape index (κ2) is 11.2. The summed E-state index contributed by atoms with van der Waals surface area (Å²) >= 11 is 0. The summed E-state index contributed by atoms with van der Waals surface area (Å²) in [6.45, 7) is 10.5.